The summed E-state index contributed by atoms with van der Waals surface area (Å²) in [4.78, 5) is 28.6. The molecule has 2 amide bonds. The Morgan fingerprint density at radius 2 is 2.00 bits per heavy atom. The first-order valence-electron chi connectivity index (χ1n) is 13.6. The van der Waals surface area contributed by atoms with Crippen LogP contribution in [0, 0.1) is 0 Å². The number of hydrogen-bond acceptors (Lipinski definition) is 6. The van der Waals surface area contributed by atoms with E-state index in [2.05, 4.69) is 11.9 Å². The van der Waals surface area contributed by atoms with Crippen LogP contribution in [-0.4, -0.2) is 72.0 Å². The number of allylic oxidation sites excluding steroid dienone is 1. The van der Waals surface area contributed by atoms with Gasteiger partial charge in [-0.3, -0.25) is 9.59 Å². The van der Waals surface area contributed by atoms with Gasteiger partial charge in [-0.05, 0) is 55.5 Å². The van der Waals surface area contributed by atoms with Gasteiger partial charge in [0.1, 0.15) is 23.7 Å². The van der Waals surface area contributed by atoms with Crippen molar-refractivity contribution in [2.24, 2.45) is 0 Å². The predicted octanol–water partition coefficient (Wildman–Crippen LogP) is 3.14. The topological polar surface area (TPSA) is 108 Å². The molecule has 0 fully saturated rings. The smallest absolute Gasteiger partial charge is 0.247 e. The van der Waals surface area contributed by atoms with E-state index in [1.165, 1.54) is 0 Å². The van der Waals surface area contributed by atoms with E-state index in [0.29, 0.717) is 37.1 Å². The van der Waals surface area contributed by atoms with E-state index in [0.717, 1.165) is 29.7 Å². The molecule has 2 aromatic carbocycles. The van der Waals surface area contributed by atoms with Crippen molar-refractivity contribution < 1.29 is 29.3 Å². The Bertz CT molecular complexity index is 1200. The molecule has 208 valence electrons. The highest BCUT2D eigenvalue weighted by Crippen LogP contribution is 2.47. The predicted molar refractivity (Wildman–Crippen MR) is 149 cm³/mol. The van der Waals surface area contributed by atoms with Crippen molar-refractivity contribution in [1.29, 1.82) is 0 Å². The largest absolute Gasteiger partial charge is 0.497 e. The number of methoxy groups -OCH3 is 1. The Morgan fingerprint density at radius 1 is 1.18 bits per heavy atom. The number of rotatable bonds is 13. The van der Waals surface area contributed by atoms with Crippen LogP contribution in [0.15, 0.2) is 72.8 Å². The number of para-hydroxylation sites is 1. The standard InChI is InChI=1S/C31H38N2O6/c1-3-4-5-6-14-27(35)33(17-15-21-10-9-11-22(19-21)38-2)25-20-24(31(37)32-16-18-34)28-23-12-7-8-13-26(23)39-30(28)29(25)36/h3,7-13,19-20,25,28-30,34,36H,1,4-6,14-18H2,2H3,(H,32,37)/t25-,28+,29+,30+/m1/s1. The molecule has 1 aliphatic carbocycles. The third-order valence-corrected chi connectivity index (χ3v) is 7.38. The van der Waals surface area contributed by atoms with E-state index in [-0.39, 0.29) is 25.0 Å². The van der Waals surface area contributed by atoms with Crippen molar-refractivity contribution >= 4 is 11.8 Å². The number of benzene rings is 2. The summed E-state index contributed by atoms with van der Waals surface area (Å²) in [7, 11) is 1.61. The molecular weight excluding hydrogens is 496 g/mol. The van der Waals surface area contributed by atoms with E-state index in [1.807, 2.05) is 54.6 Å². The number of unbranched alkanes of at least 4 members (excludes halogenated alkanes) is 2. The third-order valence-electron chi connectivity index (χ3n) is 7.38. The molecule has 8 heteroatoms. The first-order valence-corrected chi connectivity index (χ1v) is 13.6. The Balaban J connectivity index is 1.66. The van der Waals surface area contributed by atoms with E-state index >= 15 is 0 Å². The summed E-state index contributed by atoms with van der Waals surface area (Å²) in [5, 5.41) is 23.7. The molecule has 39 heavy (non-hydrogen) atoms. The van der Waals surface area contributed by atoms with Gasteiger partial charge in [0.15, 0.2) is 0 Å². The molecule has 4 rings (SSSR count). The number of ether oxygens (including phenoxy) is 2. The van der Waals surface area contributed by atoms with Gasteiger partial charge in [-0.25, -0.2) is 0 Å². The first kappa shape index (κ1) is 28.4. The highest BCUT2D eigenvalue weighted by molar-refractivity contribution is 5.96. The normalized spacial score (nSPS) is 21.2. The first-order chi connectivity index (χ1) is 19.0. The fourth-order valence-electron chi connectivity index (χ4n) is 5.42. The average molecular weight is 535 g/mol. The number of nitrogens with one attached hydrogen (secondary N) is 1. The van der Waals surface area contributed by atoms with Gasteiger partial charge < -0.3 is 29.9 Å². The lowest BCUT2D eigenvalue weighted by Gasteiger charge is -2.41. The summed E-state index contributed by atoms with van der Waals surface area (Å²) >= 11 is 0. The van der Waals surface area contributed by atoms with E-state index in [1.54, 1.807) is 18.1 Å². The maximum Gasteiger partial charge on any atom is 0.247 e. The van der Waals surface area contributed by atoms with Crippen LogP contribution < -0.4 is 14.8 Å². The summed E-state index contributed by atoms with van der Waals surface area (Å²) in [5.41, 5.74) is 2.25. The molecule has 4 atom stereocenters. The summed E-state index contributed by atoms with van der Waals surface area (Å²) in [5.74, 6) is 0.435. The molecule has 0 unspecified atom stereocenters. The zero-order valence-electron chi connectivity index (χ0n) is 22.4. The summed E-state index contributed by atoms with van der Waals surface area (Å²) < 4.78 is 11.5. The van der Waals surface area contributed by atoms with E-state index < -0.39 is 24.2 Å². The molecule has 0 aromatic heterocycles. The second kappa shape index (κ2) is 13.4. The van der Waals surface area contributed by atoms with Crippen LogP contribution in [-0.2, 0) is 16.0 Å². The molecule has 0 radical (unpaired) electrons. The number of aliphatic hydroxyl groups excluding tert-OH is 2. The number of amides is 2. The van der Waals surface area contributed by atoms with Crippen LogP contribution in [0.3, 0.4) is 0 Å². The van der Waals surface area contributed by atoms with Crippen LogP contribution in [0.1, 0.15) is 42.7 Å². The second-order valence-corrected chi connectivity index (χ2v) is 9.90. The molecule has 1 heterocycles. The van der Waals surface area contributed by atoms with Crippen LogP contribution in [0.25, 0.3) is 0 Å². The lowest BCUT2D eigenvalue weighted by molar-refractivity contribution is -0.137. The van der Waals surface area contributed by atoms with Gasteiger partial charge in [0.25, 0.3) is 0 Å². The monoisotopic (exact) mass is 534 g/mol. The maximum atomic E-state index is 13.6. The molecule has 0 saturated heterocycles. The highest BCUT2D eigenvalue weighted by atomic mass is 16.5. The van der Waals surface area contributed by atoms with Crippen molar-refractivity contribution in [2.45, 2.75) is 56.3 Å². The Labute approximate surface area is 229 Å². The molecule has 2 aromatic rings. The number of carbonyl (C=O) groups is 2. The summed E-state index contributed by atoms with van der Waals surface area (Å²) in [6.45, 7) is 4.01. The van der Waals surface area contributed by atoms with Crippen molar-refractivity contribution in [3.05, 3.63) is 84.0 Å². The summed E-state index contributed by atoms with van der Waals surface area (Å²) in [6.07, 6.45) is 5.04. The number of aliphatic hydroxyl groups is 2. The SMILES string of the molecule is C=CCCCCC(=O)N(CCc1cccc(OC)c1)[C@@H]1C=C(C(=O)NCCO)[C@@H]2c3ccccc3O[C@@H]2[C@H]1O. The van der Waals surface area contributed by atoms with Crippen molar-refractivity contribution in [3.63, 3.8) is 0 Å². The molecule has 0 saturated carbocycles. The minimum Gasteiger partial charge on any atom is -0.497 e. The number of hydrogen-bond donors (Lipinski definition) is 3. The molecule has 3 N–H and O–H groups in total. The van der Waals surface area contributed by atoms with Crippen molar-refractivity contribution in [1.82, 2.24) is 10.2 Å². The quantitative estimate of drug-likeness (QED) is 0.269. The van der Waals surface area contributed by atoms with Gasteiger partial charge in [-0.15, -0.1) is 6.58 Å². The molecule has 8 nitrogen and oxygen atoms in total. The van der Waals surface area contributed by atoms with Crippen LogP contribution in [0.5, 0.6) is 11.5 Å². The van der Waals surface area contributed by atoms with Gasteiger partial charge in [-0.1, -0.05) is 36.4 Å². The summed E-state index contributed by atoms with van der Waals surface area (Å²) in [6, 6.07) is 14.4. The Kier molecular flexibility index (Phi) is 9.79. The zero-order chi connectivity index (χ0) is 27.8. The van der Waals surface area contributed by atoms with Gasteiger partial charge in [-0.2, -0.15) is 0 Å². The lowest BCUT2D eigenvalue weighted by Crippen LogP contribution is -2.56. The minimum atomic E-state index is -1.04. The van der Waals surface area contributed by atoms with Gasteiger partial charge >= 0.3 is 0 Å². The fraction of sp³-hybridized carbons (Fsp3) is 0.419. The highest BCUT2D eigenvalue weighted by Gasteiger charge is 2.50. The van der Waals surface area contributed by atoms with E-state index in [4.69, 9.17) is 9.47 Å². The van der Waals surface area contributed by atoms with Crippen LogP contribution >= 0.6 is 0 Å². The second-order valence-electron chi connectivity index (χ2n) is 9.90. The van der Waals surface area contributed by atoms with Gasteiger partial charge in [0.2, 0.25) is 11.8 Å². The minimum absolute atomic E-state index is 0.0914. The Morgan fingerprint density at radius 3 is 2.77 bits per heavy atom. The molecule has 0 bridgehead atoms. The average Bonchev–Trinajstić information content (AvgIpc) is 3.35. The van der Waals surface area contributed by atoms with Gasteiger partial charge in [0.05, 0.1) is 25.7 Å². The maximum absolute atomic E-state index is 13.6. The number of carbonyl (C=O) groups excluding carboxylic acids is 2. The molecule has 0 spiro atoms. The van der Waals surface area contributed by atoms with E-state index in [9.17, 15) is 19.8 Å². The molecular formula is C31H38N2O6. The van der Waals surface area contributed by atoms with Crippen LogP contribution in [0.2, 0.25) is 0 Å². The van der Waals surface area contributed by atoms with Crippen LogP contribution in [0.4, 0.5) is 0 Å². The van der Waals surface area contributed by atoms with Gasteiger partial charge in [0, 0.05) is 30.6 Å². The Hall–Kier alpha value is -3.62. The fourth-order valence-corrected chi connectivity index (χ4v) is 5.42. The molecule has 2 aliphatic rings. The number of fused-ring (bicyclic) bond motifs is 3. The van der Waals surface area contributed by atoms with Crippen molar-refractivity contribution in [3.8, 4) is 11.5 Å². The molecule has 1 aliphatic heterocycles. The lowest BCUT2D eigenvalue weighted by atomic mass is 9.77. The zero-order valence-corrected chi connectivity index (χ0v) is 22.4. The van der Waals surface area contributed by atoms with Crippen molar-refractivity contribution in [2.75, 3.05) is 26.8 Å². The number of nitrogens with zero attached hydrogens (tertiary/aromatic N) is 1. The third kappa shape index (κ3) is 6.52.